The lowest BCUT2D eigenvalue weighted by molar-refractivity contribution is -0.384. The zero-order valence-corrected chi connectivity index (χ0v) is 21.6. The Morgan fingerprint density at radius 1 is 1.00 bits per heavy atom. The van der Waals surface area contributed by atoms with Gasteiger partial charge in [0.2, 0.25) is 5.91 Å². The van der Waals surface area contributed by atoms with Crippen LogP contribution in [0.15, 0.2) is 84.9 Å². The summed E-state index contributed by atoms with van der Waals surface area (Å²) in [4.78, 5) is 42.0. The highest BCUT2D eigenvalue weighted by Gasteiger charge is 2.69. The van der Waals surface area contributed by atoms with Gasteiger partial charge in [-0.15, -0.1) is 0 Å². The minimum atomic E-state index is -1.24. The molecule has 1 N–H and O–H groups in total. The lowest BCUT2D eigenvalue weighted by Crippen LogP contribution is -2.52. The van der Waals surface area contributed by atoms with Gasteiger partial charge in [-0.3, -0.25) is 24.6 Å². The molecule has 0 radical (unpaired) electrons. The highest BCUT2D eigenvalue weighted by molar-refractivity contribution is 6.31. The van der Waals surface area contributed by atoms with Gasteiger partial charge in [0.05, 0.1) is 10.8 Å². The maximum atomic E-state index is 14.7. The molecule has 3 unspecified atom stereocenters. The Morgan fingerprint density at radius 3 is 2.54 bits per heavy atom. The highest BCUT2D eigenvalue weighted by Crippen LogP contribution is 2.61. The summed E-state index contributed by atoms with van der Waals surface area (Å²) in [5.74, 6) is -1.45. The Kier molecular flexibility index (Phi) is 5.37. The van der Waals surface area contributed by atoms with Crippen molar-refractivity contribution in [3.05, 3.63) is 117 Å². The molecule has 0 aromatic heterocycles. The fourth-order valence-corrected chi connectivity index (χ4v) is 7.42. The average molecular weight is 538 g/mol. The Morgan fingerprint density at radius 2 is 1.77 bits per heavy atom. The van der Waals surface area contributed by atoms with Gasteiger partial charge < -0.3 is 5.32 Å². The Balaban J connectivity index is 1.47. The smallest absolute Gasteiger partial charge is 0.269 e. The summed E-state index contributed by atoms with van der Waals surface area (Å²) < 4.78 is 0. The van der Waals surface area contributed by atoms with Crippen LogP contribution >= 0.6 is 11.6 Å². The predicted octanol–water partition coefficient (Wildman–Crippen LogP) is 6.31. The van der Waals surface area contributed by atoms with Gasteiger partial charge in [0, 0.05) is 45.9 Å². The molecule has 4 aromatic carbocycles. The summed E-state index contributed by atoms with van der Waals surface area (Å²) in [7, 11) is 0. The lowest BCUT2D eigenvalue weighted by Gasteiger charge is -2.37. The highest BCUT2D eigenvalue weighted by atomic mass is 35.5. The molecular formula is C31H24ClN3O4. The zero-order valence-electron chi connectivity index (χ0n) is 20.8. The van der Waals surface area contributed by atoms with Gasteiger partial charge in [-0.1, -0.05) is 60.1 Å². The fourth-order valence-electron chi connectivity index (χ4n) is 7.25. The number of benzene rings is 4. The van der Waals surface area contributed by atoms with Crippen LogP contribution in [-0.4, -0.2) is 34.1 Å². The van der Waals surface area contributed by atoms with Gasteiger partial charge in [0.15, 0.2) is 5.78 Å². The number of halogens is 1. The molecule has 7 rings (SSSR count). The summed E-state index contributed by atoms with van der Waals surface area (Å²) in [6.07, 6.45) is 1.70. The number of hydrogen-bond acceptors (Lipinski definition) is 5. The van der Waals surface area contributed by atoms with E-state index in [2.05, 4.69) is 10.2 Å². The first-order valence-corrected chi connectivity index (χ1v) is 13.4. The van der Waals surface area contributed by atoms with Gasteiger partial charge >= 0.3 is 0 Å². The van der Waals surface area contributed by atoms with Gasteiger partial charge in [-0.05, 0) is 60.0 Å². The summed E-state index contributed by atoms with van der Waals surface area (Å²) in [5, 5.41) is 16.9. The number of fused-ring (bicyclic) bond motifs is 5. The third-order valence-electron chi connectivity index (χ3n) is 8.77. The number of anilines is 1. The number of nitrogens with one attached hydrogen (secondary N) is 1. The lowest BCUT2D eigenvalue weighted by atomic mass is 9.68. The molecule has 1 amide bonds. The van der Waals surface area contributed by atoms with Crippen LogP contribution in [0.3, 0.4) is 0 Å². The zero-order chi connectivity index (χ0) is 26.9. The quantitative estimate of drug-likeness (QED) is 0.187. The fraction of sp³-hybridized carbons (Fsp3) is 0.226. The first-order chi connectivity index (χ1) is 18.9. The minimum absolute atomic E-state index is 0.0112. The average Bonchev–Trinajstić information content (AvgIpc) is 3.61. The van der Waals surface area contributed by atoms with E-state index in [-0.39, 0.29) is 29.3 Å². The number of non-ortho nitro benzene ring substituents is 1. The van der Waals surface area contributed by atoms with E-state index in [9.17, 15) is 19.7 Å². The number of carbonyl (C=O) groups excluding carboxylic acids is 2. The molecule has 7 nitrogen and oxygen atoms in total. The van der Waals surface area contributed by atoms with E-state index in [0.717, 1.165) is 34.7 Å². The molecule has 1 spiro atoms. The van der Waals surface area contributed by atoms with E-state index in [0.29, 0.717) is 22.8 Å². The molecule has 3 aliphatic heterocycles. The maximum Gasteiger partial charge on any atom is 0.269 e. The van der Waals surface area contributed by atoms with Crippen molar-refractivity contribution in [2.75, 3.05) is 11.9 Å². The second kappa shape index (κ2) is 8.73. The van der Waals surface area contributed by atoms with Crippen molar-refractivity contribution in [1.82, 2.24) is 4.90 Å². The summed E-state index contributed by atoms with van der Waals surface area (Å²) >= 11 is 6.48. The topological polar surface area (TPSA) is 92.5 Å². The van der Waals surface area contributed by atoms with Crippen LogP contribution in [0.5, 0.6) is 0 Å². The third kappa shape index (κ3) is 3.40. The molecular weight excluding hydrogens is 514 g/mol. The molecule has 4 atom stereocenters. The molecule has 2 saturated heterocycles. The summed E-state index contributed by atoms with van der Waals surface area (Å²) in [6.45, 7) is 0.662. The molecule has 2 fully saturated rings. The number of nitro groups is 1. The monoisotopic (exact) mass is 537 g/mol. The van der Waals surface area contributed by atoms with Crippen LogP contribution in [-0.2, 0) is 10.3 Å². The number of carbonyl (C=O) groups is 2. The van der Waals surface area contributed by atoms with E-state index < -0.39 is 16.4 Å². The van der Waals surface area contributed by atoms with Gasteiger partial charge in [-0.25, -0.2) is 0 Å². The Hall–Kier alpha value is -4.07. The number of Topliss-reactive ketones (excluding diaryl/α,β-unsaturated/α-hetero) is 1. The molecule has 0 bridgehead atoms. The van der Waals surface area contributed by atoms with Crippen molar-refractivity contribution in [2.24, 2.45) is 5.92 Å². The minimum Gasteiger partial charge on any atom is -0.324 e. The van der Waals surface area contributed by atoms with Crippen molar-refractivity contribution in [3.63, 3.8) is 0 Å². The first-order valence-electron chi connectivity index (χ1n) is 13.0. The molecule has 4 aromatic rings. The van der Waals surface area contributed by atoms with E-state index >= 15 is 0 Å². The van der Waals surface area contributed by atoms with E-state index in [1.54, 1.807) is 24.3 Å². The maximum absolute atomic E-state index is 14.7. The predicted molar refractivity (Wildman–Crippen MR) is 149 cm³/mol. The molecule has 3 heterocycles. The Labute approximate surface area is 229 Å². The van der Waals surface area contributed by atoms with Gasteiger partial charge in [0.1, 0.15) is 5.54 Å². The first kappa shape index (κ1) is 24.0. The van der Waals surface area contributed by atoms with Crippen LogP contribution in [0.4, 0.5) is 11.4 Å². The van der Waals surface area contributed by atoms with E-state index in [1.807, 2.05) is 48.5 Å². The van der Waals surface area contributed by atoms with Crippen molar-refractivity contribution < 1.29 is 14.5 Å². The molecule has 8 heteroatoms. The number of nitrogens with zero attached hydrogens (tertiary/aromatic N) is 2. The van der Waals surface area contributed by atoms with Crippen molar-refractivity contribution in [2.45, 2.75) is 30.3 Å². The molecule has 3 aliphatic rings. The van der Waals surface area contributed by atoms with Gasteiger partial charge in [0.25, 0.3) is 5.69 Å². The van der Waals surface area contributed by atoms with Crippen molar-refractivity contribution in [3.8, 4) is 0 Å². The van der Waals surface area contributed by atoms with Crippen LogP contribution < -0.4 is 5.32 Å². The van der Waals surface area contributed by atoms with Crippen LogP contribution in [0, 0.1) is 16.0 Å². The molecule has 0 saturated carbocycles. The Bertz CT molecular complexity index is 1690. The number of ketones is 1. The van der Waals surface area contributed by atoms with Crippen molar-refractivity contribution in [1.29, 1.82) is 0 Å². The summed E-state index contributed by atoms with van der Waals surface area (Å²) in [5.41, 5.74) is 1.48. The standard InChI is InChI=1S/C31H24ClN3O4/c32-22-11-14-25-24(17-22)31(30(37)33-25)28(29(36)21-8-7-18-4-1-2-5-20(18)16-21)27(26-6-3-15-34(26)31)19-9-12-23(13-10-19)35(38)39/h1-2,4-5,7-14,16-17,26-28H,3,6,15H2,(H,33,37)/t26?,27?,28?,31-/m1/s1. The number of rotatable bonds is 4. The molecule has 194 valence electrons. The largest absolute Gasteiger partial charge is 0.324 e. The second-order valence-electron chi connectivity index (χ2n) is 10.6. The van der Waals surface area contributed by atoms with E-state index in [1.165, 1.54) is 12.1 Å². The number of amides is 1. The SMILES string of the molecule is O=C(c1ccc2ccccc2c1)C1C(c2ccc([N+](=O)[O-])cc2)C2CCCN2[C@@]12C(=O)Nc1ccc(Cl)cc12. The summed E-state index contributed by atoms with van der Waals surface area (Å²) in [6, 6.07) is 25.2. The van der Waals surface area contributed by atoms with Gasteiger partial charge in [-0.2, -0.15) is 0 Å². The van der Waals surface area contributed by atoms with E-state index in [4.69, 9.17) is 11.6 Å². The second-order valence-corrected chi connectivity index (χ2v) is 11.0. The van der Waals surface area contributed by atoms with Crippen LogP contribution in [0.1, 0.15) is 40.2 Å². The number of nitro benzene ring substituents is 1. The normalized spacial score (nSPS) is 25.6. The molecule has 0 aliphatic carbocycles. The van der Waals surface area contributed by atoms with Crippen LogP contribution in [0.2, 0.25) is 5.02 Å². The number of hydrogen-bond donors (Lipinski definition) is 1. The molecule has 39 heavy (non-hydrogen) atoms. The van der Waals surface area contributed by atoms with Crippen LogP contribution in [0.25, 0.3) is 10.8 Å². The third-order valence-corrected chi connectivity index (χ3v) is 9.00. The van der Waals surface area contributed by atoms with Crippen molar-refractivity contribution >= 4 is 45.4 Å².